The Hall–Kier alpha value is -7.16. The highest BCUT2D eigenvalue weighted by Gasteiger charge is 2.48. The molecule has 9 aromatic carbocycles. The molecule has 0 N–H and O–H groups in total. The number of aryl methyl sites for hydroxylation is 2. The summed E-state index contributed by atoms with van der Waals surface area (Å²) >= 11 is 0. The zero-order chi connectivity index (χ0) is 45.1. The van der Waals surface area contributed by atoms with Crippen LogP contribution in [0, 0.1) is 13.8 Å². The third-order valence-electron chi connectivity index (χ3n) is 13.6. The summed E-state index contributed by atoms with van der Waals surface area (Å²) in [6.07, 6.45) is 0. The minimum absolute atomic E-state index is 0.0357. The van der Waals surface area contributed by atoms with Crippen LogP contribution in [0.15, 0.2) is 206 Å². The van der Waals surface area contributed by atoms with E-state index in [0.717, 1.165) is 34.1 Å². The van der Waals surface area contributed by atoms with E-state index in [9.17, 15) is 0 Å². The van der Waals surface area contributed by atoms with Crippen LogP contribution in [0.1, 0.15) is 86.1 Å². The molecule has 0 saturated heterocycles. The zero-order valence-electron chi connectivity index (χ0n) is 39.0. The van der Waals surface area contributed by atoms with Crippen molar-refractivity contribution in [3.63, 3.8) is 0 Å². The largest absolute Gasteiger partial charge is 0.310 e. The van der Waals surface area contributed by atoms with Crippen LogP contribution in [0.5, 0.6) is 0 Å². The molecule has 1 aliphatic carbocycles. The van der Waals surface area contributed by atoms with E-state index < -0.39 is 5.41 Å². The molecule has 2 heteroatoms. The van der Waals surface area contributed by atoms with Gasteiger partial charge in [0.2, 0.25) is 0 Å². The maximum atomic E-state index is 2.53. The SMILES string of the molecule is Cc1ccc(N(c2ccc(C(C)(C)C)cc2)c2ccc3c(c2)C(c2ccccc2)(c2ccccc2)c2cc(N(c4ccc(C)cc4)c4ccc(C(C)(C)C)cc4)c4ccccc4c2-3)cc1. The van der Waals surface area contributed by atoms with Gasteiger partial charge in [0.05, 0.1) is 11.1 Å². The molecule has 320 valence electrons. The first kappa shape index (κ1) is 41.8. The Morgan fingerprint density at radius 1 is 0.354 bits per heavy atom. The van der Waals surface area contributed by atoms with Gasteiger partial charge >= 0.3 is 0 Å². The third-order valence-corrected chi connectivity index (χ3v) is 13.6. The Labute approximate surface area is 386 Å². The van der Waals surface area contributed by atoms with Crippen LogP contribution >= 0.6 is 0 Å². The highest BCUT2D eigenvalue weighted by molar-refractivity contribution is 6.11. The lowest BCUT2D eigenvalue weighted by Crippen LogP contribution is -2.29. The molecule has 0 amide bonds. The fourth-order valence-electron chi connectivity index (χ4n) is 10.1. The lowest BCUT2D eigenvalue weighted by atomic mass is 9.67. The number of fused-ring (bicyclic) bond motifs is 5. The predicted octanol–water partition coefficient (Wildman–Crippen LogP) is 17.4. The van der Waals surface area contributed by atoms with Crippen LogP contribution in [0.4, 0.5) is 34.1 Å². The van der Waals surface area contributed by atoms with Gasteiger partial charge in [-0.2, -0.15) is 0 Å². The van der Waals surface area contributed by atoms with Crippen molar-refractivity contribution >= 4 is 44.9 Å². The first-order valence-corrected chi connectivity index (χ1v) is 23.1. The molecule has 0 unspecified atom stereocenters. The van der Waals surface area contributed by atoms with Gasteiger partial charge in [-0.15, -0.1) is 0 Å². The summed E-state index contributed by atoms with van der Waals surface area (Å²) in [7, 11) is 0. The van der Waals surface area contributed by atoms with E-state index in [-0.39, 0.29) is 10.8 Å². The number of rotatable bonds is 8. The average Bonchev–Trinajstić information content (AvgIpc) is 3.61. The van der Waals surface area contributed by atoms with Crippen LogP contribution in [0.25, 0.3) is 21.9 Å². The lowest BCUT2D eigenvalue weighted by molar-refractivity contribution is 0.590. The molecule has 65 heavy (non-hydrogen) atoms. The van der Waals surface area contributed by atoms with Gasteiger partial charge < -0.3 is 9.80 Å². The molecule has 10 rings (SSSR count). The third kappa shape index (κ3) is 7.32. The predicted molar refractivity (Wildman–Crippen MR) is 277 cm³/mol. The topological polar surface area (TPSA) is 6.48 Å². The average molecular weight is 843 g/mol. The maximum Gasteiger partial charge on any atom is 0.0715 e. The van der Waals surface area contributed by atoms with Crippen molar-refractivity contribution in [3.8, 4) is 11.1 Å². The smallest absolute Gasteiger partial charge is 0.0715 e. The standard InChI is InChI=1S/C63H58N2/c1-43-23-31-49(32-24-43)64(50-35-27-45(28-36-50)61(3,4)5)53-39-40-56-57(41-53)63(47-17-11-9-12-18-47,48-19-13-10-14-20-48)58-42-59(54-21-15-16-22-55(54)60(56)58)65(51-33-25-44(2)26-34-51)52-37-29-46(30-38-52)62(6,7)8/h9-42H,1-8H3. The summed E-state index contributed by atoms with van der Waals surface area (Å²) in [6, 6.07) is 77.6. The minimum atomic E-state index is -0.661. The number of hydrogen-bond acceptors (Lipinski definition) is 2. The molecule has 1 aliphatic rings. The highest BCUT2D eigenvalue weighted by atomic mass is 15.1. The fourth-order valence-corrected chi connectivity index (χ4v) is 10.1. The van der Waals surface area contributed by atoms with Crippen LogP contribution in [-0.4, -0.2) is 0 Å². The van der Waals surface area contributed by atoms with Gasteiger partial charge in [0.1, 0.15) is 0 Å². The second-order valence-corrected chi connectivity index (χ2v) is 20.0. The monoisotopic (exact) mass is 842 g/mol. The molecule has 0 heterocycles. The van der Waals surface area contributed by atoms with Crippen molar-refractivity contribution in [1.82, 2.24) is 0 Å². The van der Waals surface area contributed by atoms with Crippen molar-refractivity contribution < 1.29 is 0 Å². The van der Waals surface area contributed by atoms with Gasteiger partial charge in [0.25, 0.3) is 0 Å². The molecule has 0 aliphatic heterocycles. The lowest BCUT2D eigenvalue weighted by Gasteiger charge is -2.36. The van der Waals surface area contributed by atoms with Gasteiger partial charge in [-0.25, -0.2) is 0 Å². The van der Waals surface area contributed by atoms with Gasteiger partial charge in [-0.05, 0) is 141 Å². The van der Waals surface area contributed by atoms with E-state index in [1.807, 2.05) is 0 Å². The summed E-state index contributed by atoms with van der Waals surface area (Å²) in [6.45, 7) is 18.0. The van der Waals surface area contributed by atoms with E-state index in [1.165, 1.54) is 66.4 Å². The molecule has 2 nitrogen and oxygen atoms in total. The second kappa shape index (κ2) is 16.1. The highest BCUT2D eigenvalue weighted by Crippen LogP contribution is 2.60. The Morgan fingerprint density at radius 2 is 0.754 bits per heavy atom. The van der Waals surface area contributed by atoms with Gasteiger partial charge in [-0.1, -0.05) is 192 Å². The Morgan fingerprint density at radius 3 is 1.22 bits per heavy atom. The summed E-state index contributed by atoms with van der Waals surface area (Å²) in [4.78, 5) is 4.91. The van der Waals surface area contributed by atoms with Gasteiger partial charge in [0.15, 0.2) is 0 Å². The van der Waals surface area contributed by atoms with Crippen molar-refractivity contribution in [2.24, 2.45) is 0 Å². The summed E-state index contributed by atoms with van der Waals surface area (Å²) in [5.74, 6) is 0. The molecular weight excluding hydrogens is 785 g/mol. The Bertz CT molecular complexity index is 3090. The maximum absolute atomic E-state index is 2.53. The first-order valence-electron chi connectivity index (χ1n) is 23.1. The zero-order valence-corrected chi connectivity index (χ0v) is 39.0. The summed E-state index contributed by atoms with van der Waals surface area (Å²) in [5, 5.41) is 2.44. The van der Waals surface area contributed by atoms with Crippen molar-refractivity contribution in [2.45, 2.75) is 71.6 Å². The molecule has 0 spiro atoms. The Kier molecular flexibility index (Phi) is 10.4. The van der Waals surface area contributed by atoms with E-state index in [0.29, 0.717) is 0 Å². The van der Waals surface area contributed by atoms with E-state index >= 15 is 0 Å². The molecule has 0 bridgehead atoms. The first-order chi connectivity index (χ1) is 31.3. The van der Waals surface area contributed by atoms with E-state index in [2.05, 4.69) is 271 Å². The van der Waals surface area contributed by atoms with Gasteiger partial charge in [0, 0.05) is 33.8 Å². The molecule has 0 atom stereocenters. The normalized spacial score (nSPS) is 13.0. The van der Waals surface area contributed by atoms with Crippen LogP contribution in [-0.2, 0) is 16.2 Å². The molecular formula is C63H58N2. The fraction of sp³-hybridized carbons (Fsp3) is 0.175. The van der Waals surface area contributed by atoms with E-state index in [1.54, 1.807) is 0 Å². The summed E-state index contributed by atoms with van der Waals surface area (Å²) in [5.41, 5.74) is 18.8. The van der Waals surface area contributed by atoms with Crippen molar-refractivity contribution in [1.29, 1.82) is 0 Å². The second-order valence-electron chi connectivity index (χ2n) is 20.0. The minimum Gasteiger partial charge on any atom is -0.310 e. The van der Waals surface area contributed by atoms with Crippen LogP contribution in [0.3, 0.4) is 0 Å². The van der Waals surface area contributed by atoms with E-state index in [4.69, 9.17) is 0 Å². The summed E-state index contributed by atoms with van der Waals surface area (Å²) < 4.78 is 0. The quantitative estimate of drug-likeness (QED) is 0.150. The molecule has 0 fully saturated rings. The van der Waals surface area contributed by atoms with Crippen molar-refractivity contribution in [3.05, 3.63) is 251 Å². The molecule has 0 aromatic heterocycles. The number of nitrogens with zero attached hydrogens (tertiary/aromatic N) is 2. The Balaban J connectivity index is 1.29. The van der Waals surface area contributed by atoms with Gasteiger partial charge in [-0.3, -0.25) is 0 Å². The molecule has 0 saturated carbocycles. The number of hydrogen-bond donors (Lipinski definition) is 0. The van der Waals surface area contributed by atoms with Crippen LogP contribution in [0.2, 0.25) is 0 Å². The van der Waals surface area contributed by atoms with Crippen molar-refractivity contribution in [2.75, 3.05) is 9.80 Å². The number of benzene rings is 9. The number of anilines is 6. The molecule has 0 radical (unpaired) electrons. The van der Waals surface area contributed by atoms with Crippen LogP contribution < -0.4 is 9.80 Å². The molecule has 9 aromatic rings.